The number of nitrogens with zero attached hydrogens (tertiary/aromatic N) is 3. The highest BCUT2D eigenvalue weighted by atomic mass is 16.5. The molecule has 7 nitrogen and oxygen atoms in total. The van der Waals surface area contributed by atoms with Crippen molar-refractivity contribution < 1.29 is 14.6 Å². The van der Waals surface area contributed by atoms with Crippen LogP contribution in [0.4, 0.5) is 5.82 Å². The van der Waals surface area contributed by atoms with Gasteiger partial charge in [0.25, 0.3) is 0 Å². The highest BCUT2D eigenvalue weighted by Crippen LogP contribution is 2.22. The average molecular weight is 384 g/mol. The summed E-state index contributed by atoms with van der Waals surface area (Å²) in [5.74, 6) is 1.17. The Kier molecular flexibility index (Phi) is 6.84. The number of primary amides is 1. The number of amides is 1. The zero-order valence-electron chi connectivity index (χ0n) is 16.3. The highest BCUT2D eigenvalue weighted by Gasteiger charge is 2.27. The fourth-order valence-electron chi connectivity index (χ4n) is 3.57. The van der Waals surface area contributed by atoms with Crippen molar-refractivity contribution in [1.29, 1.82) is 0 Å². The summed E-state index contributed by atoms with van der Waals surface area (Å²) in [6.07, 6.45) is 2.30. The third-order valence-corrected chi connectivity index (χ3v) is 5.04. The van der Waals surface area contributed by atoms with Gasteiger partial charge in [0.15, 0.2) is 0 Å². The van der Waals surface area contributed by atoms with E-state index in [2.05, 4.69) is 26.9 Å². The third-order valence-electron chi connectivity index (χ3n) is 5.04. The molecule has 3 rings (SSSR count). The number of piperazine rings is 1. The van der Waals surface area contributed by atoms with E-state index in [9.17, 15) is 9.90 Å². The van der Waals surface area contributed by atoms with E-state index in [4.69, 9.17) is 10.5 Å². The Hall–Kier alpha value is -2.64. The van der Waals surface area contributed by atoms with Crippen LogP contribution in [0.1, 0.15) is 29.3 Å². The molecule has 1 aliphatic heterocycles. The molecule has 1 aromatic carbocycles. The van der Waals surface area contributed by atoms with E-state index in [1.165, 1.54) is 5.56 Å². The standard InChI is InChI=1S/C21H28N4O3/c1-2-28-19-5-3-16(4-6-19)14-24-10-11-25(15-18(24)8-12-26)20-13-17(21(22)27)7-9-23-20/h3-7,9,13,18,26H,2,8,10-12,14-15H2,1H3,(H2,22,27)/t18-/m0/s1. The van der Waals surface area contributed by atoms with Crippen molar-refractivity contribution in [3.63, 3.8) is 0 Å². The molecule has 0 spiro atoms. The largest absolute Gasteiger partial charge is 0.494 e. The minimum Gasteiger partial charge on any atom is -0.494 e. The lowest BCUT2D eigenvalue weighted by molar-refractivity contribution is 0.1000. The number of pyridine rings is 1. The number of aromatic nitrogens is 1. The topological polar surface area (TPSA) is 91.9 Å². The van der Waals surface area contributed by atoms with E-state index in [0.29, 0.717) is 18.6 Å². The number of carbonyl (C=O) groups is 1. The summed E-state index contributed by atoms with van der Waals surface area (Å²) in [7, 11) is 0. The maximum absolute atomic E-state index is 11.4. The van der Waals surface area contributed by atoms with E-state index >= 15 is 0 Å². The number of nitrogens with two attached hydrogens (primary N) is 1. The molecule has 3 N–H and O–H groups in total. The monoisotopic (exact) mass is 384 g/mol. The Bertz CT molecular complexity index is 781. The molecule has 0 bridgehead atoms. The Morgan fingerprint density at radius 2 is 2.07 bits per heavy atom. The van der Waals surface area contributed by atoms with Crippen LogP contribution in [0.15, 0.2) is 42.6 Å². The molecule has 28 heavy (non-hydrogen) atoms. The number of anilines is 1. The average Bonchev–Trinajstić information content (AvgIpc) is 2.71. The van der Waals surface area contributed by atoms with Crippen molar-refractivity contribution in [2.45, 2.75) is 25.9 Å². The zero-order valence-corrected chi connectivity index (χ0v) is 16.3. The van der Waals surface area contributed by atoms with Crippen LogP contribution in [0.2, 0.25) is 0 Å². The third kappa shape index (κ3) is 4.99. The van der Waals surface area contributed by atoms with Gasteiger partial charge in [-0.25, -0.2) is 4.98 Å². The van der Waals surface area contributed by atoms with Crippen molar-refractivity contribution in [2.24, 2.45) is 5.73 Å². The molecular weight excluding hydrogens is 356 g/mol. The molecule has 2 aromatic rings. The molecule has 0 saturated carbocycles. The highest BCUT2D eigenvalue weighted by molar-refractivity contribution is 5.93. The molecule has 7 heteroatoms. The summed E-state index contributed by atoms with van der Waals surface area (Å²) in [4.78, 5) is 20.4. The van der Waals surface area contributed by atoms with Gasteiger partial charge in [-0.15, -0.1) is 0 Å². The first kappa shape index (κ1) is 20.1. The van der Waals surface area contributed by atoms with Crippen LogP contribution < -0.4 is 15.4 Å². The van der Waals surface area contributed by atoms with Crippen molar-refractivity contribution in [1.82, 2.24) is 9.88 Å². The minimum absolute atomic E-state index is 0.132. The maximum atomic E-state index is 11.4. The summed E-state index contributed by atoms with van der Waals surface area (Å²) in [6.45, 7) is 5.97. The first-order valence-electron chi connectivity index (χ1n) is 9.68. The number of carbonyl (C=O) groups excluding carboxylic acids is 1. The molecule has 0 unspecified atom stereocenters. The normalized spacial score (nSPS) is 17.5. The van der Waals surface area contributed by atoms with Gasteiger partial charge in [-0.2, -0.15) is 0 Å². The Morgan fingerprint density at radius 3 is 2.75 bits per heavy atom. The predicted octanol–water partition coefficient (Wildman–Crippen LogP) is 1.65. The number of rotatable bonds is 8. The maximum Gasteiger partial charge on any atom is 0.248 e. The second-order valence-electron chi connectivity index (χ2n) is 6.93. The van der Waals surface area contributed by atoms with Crippen LogP contribution in [-0.2, 0) is 6.54 Å². The van der Waals surface area contributed by atoms with Gasteiger partial charge in [0.05, 0.1) is 6.61 Å². The van der Waals surface area contributed by atoms with Gasteiger partial charge >= 0.3 is 0 Å². The number of benzene rings is 1. The molecule has 1 atom stereocenters. The molecule has 1 amide bonds. The first-order chi connectivity index (χ1) is 13.6. The quantitative estimate of drug-likeness (QED) is 0.719. The summed E-state index contributed by atoms with van der Waals surface area (Å²) < 4.78 is 5.51. The summed E-state index contributed by atoms with van der Waals surface area (Å²) >= 11 is 0. The van der Waals surface area contributed by atoms with E-state index in [-0.39, 0.29) is 12.6 Å². The van der Waals surface area contributed by atoms with Crippen LogP contribution in [0.25, 0.3) is 0 Å². The number of aliphatic hydroxyl groups excluding tert-OH is 1. The molecule has 0 radical (unpaired) electrons. The smallest absolute Gasteiger partial charge is 0.248 e. The second kappa shape index (κ2) is 9.52. The lowest BCUT2D eigenvalue weighted by atomic mass is 10.1. The molecular formula is C21H28N4O3. The predicted molar refractivity (Wildman–Crippen MR) is 108 cm³/mol. The molecule has 1 saturated heterocycles. The fraction of sp³-hybridized carbons (Fsp3) is 0.429. The number of hydrogen-bond acceptors (Lipinski definition) is 6. The van der Waals surface area contributed by atoms with Crippen molar-refractivity contribution in [3.05, 3.63) is 53.7 Å². The molecule has 1 fully saturated rings. The summed E-state index contributed by atoms with van der Waals surface area (Å²) in [5, 5.41) is 9.53. The van der Waals surface area contributed by atoms with Gasteiger partial charge in [0.2, 0.25) is 5.91 Å². The Balaban J connectivity index is 1.68. The molecule has 2 heterocycles. The van der Waals surface area contributed by atoms with E-state index in [1.807, 2.05) is 19.1 Å². The van der Waals surface area contributed by atoms with Crippen molar-refractivity contribution >= 4 is 11.7 Å². The van der Waals surface area contributed by atoms with Gasteiger partial charge in [-0.3, -0.25) is 9.69 Å². The van der Waals surface area contributed by atoms with Gasteiger partial charge in [0, 0.05) is 50.6 Å². The van der Waals surface area contributed by atoms with E-state index in [1.54, 1.807) is 18.3 Å². The lowest BCUT2D eigenvalue weighted by Crippen LogP contribution is -2.53. The Morgan fingerprint density at radius 1 is 1.29 bits per heavy atom. The first-order valence-corrected chi connectivity index (χ1v) is 9.68. The van der Waals surface area contributed by atoms with Gasteiger partial charge in [-0.05, 0) is 43.2 Å². The van der Waals surface area contributed by atoms with E-state index < -0.39 is 5.91 Å². The zero-order chi connectivity index (χ0) is 19.9. The molecule has 1 aliphatic rings. The minimum atomic E-state index is -0.454. The fourth-order valence-corrected chi connectivity index (χ4v) is 3.57. The van der Waals surface area contributed by atoms with Gasteiger partial charge in [0.1, 0.15) is 11.6 Å². The van der Waals surface area contributed by atoms with Crippen molar-refractivity contribution in [2.75, 3.05) is 37.7 Å². The van der Waals surface area contributed by atoms with Crippen LogP contribution in [0, 0.1) is 0 Å². The SMILES string of the molecule is CCOc1ccc(CN2CCN(c3cc(C(N)=O)ccn3)C[C@@H]2CCO)cc1. The van der Waals surface area contributed by atoms with Gasteiger partial charge < -0.3 is 20.5 Å². The summed E-state index contributed by atoms with van der Waals surface area (Å²) in [5.41, 5.74) is 7.06. The second-order valence-corrected chi connectivity index (χ2v) is 6.93. The van der Waals surface area contributed by atoms with Crippen LogP contribution >= 0.6 is 0 Å². The number of hydrogen-bond donors (Lipinski definition) is 2. The molecule has 1 aromatic heterocycles. The number of ether oxygens (including phenoxy) is 1. The molecule has 0 aliphatic carbocycles. The number of aliphatic hydroxyl groups is 1. The van der Waals surface area contributed by atoms with E-state index in [0.717, 1.165) is 37.7 Å². The Labute approximate surface area is 165 Å². The van der Waals surface area contributed by atoms with Crippen LogP contribution in [0.5, 0.6) is 5.75 Å². The van der Waals surface area contributed by atoms with Gasteiger partial charge in [-0.1, -0.05) is 12.1 Å². The van der Waals surface area contributed by atoms with Crippen LogP contribution in [-0.4, -0.2) is 59.8 Å². The molecule has 150 valence electrons. The van der Waals surface area contributed by atoms with Crippen LogP contribution in [0.3, 0.4) is 0 Å². The summed E-state index contributed by atoms with van der Waals surface area (Å²) in [6, 6.07) is 11.7. The lowest BCUT2D eigenvalue weighted by Gasteiger charge is -2.42. The van der Waals surface area contributed by atoms with Crippen molar-refractivity contribution in [3.8, 4) is 5.75 Å².